The third-order valence-electron chi connectivity index (χ3n) is 5.11. The maximum Gasteiger partial charge on any atom is 0.251 e. The summed E-state index contributed by atoms with van der Waals surface area (Å²) in [4.78, 5) is 18.8. The number of amides is 1. The lowest BCUT2D eigenvalue weighted by Gasteiger charge is -2.25. The number of ether oxygens (including phenoxy) is 1. The molecule has 2 heterocycles. The van der Waals surface area contributed by atoms with Crippen LogP contribution in [0.3, 0.4) is 0 Å². The van der Waals surface area contributed by atoms with Crippen LogP contribution in [0, 0.1) is 12.3 Å². The van der Waals surface area contributed by atoms with Gasteiger partial charge in [0.25, 0.3) is 5.91 Å². The summed E-state index contributed by atoms with van der Waals surface area (Å²) in [6.07, 6.45) is 2.31. The quantitative estimate of drug-likeness (QED) is 0.305. The molecule has 144 valence electrons. The number of likely N-dealkylation sites (tertiary alicyclic amines) is 1. The van der Waals surface area contributed by atoms with Crippen molar-refractivity contribution in [2.45, 2.75) is 19.8 Å². The van der Waals surface area contributed by atoms with Crippen molar-refractivity contribution in [2.24, 2.45) is 10.4 Å². The highest BCUT2D eigenvalue weighted by atomic mass is 127. The molecule has 0 bridgehead atoms. The molecule has 0 radical (unpaired) electrons. The third kappa shape index (κ3) is 5.09. The minimum absolute atomic E-state index is 0. The molecule has 3 rings (SSSR count). The van der Waals surface area contributed by atoms with Crippen molar-refractivity contribution in [1.29, 1.82) is 0 Å². The Labute approximate surface area is 172 Å². The van der Waals surface area contributed by atoms with Crippen LogP contribution in [-0.2, 0) is 4.74 Å². The molecule has 7 heteroatoms. The average Bonchev–Trinajstić information content (AvgIpc) is 3.25. The fraction of sp³-hybridized carbons (Fsp3) is 0.579. The maximum atomic E-state index is 12.1. The van der Waals surface area contributed by atoms with Crippen LogP contribution in [0.15, 0.2) is 29.3 Å². The van der Waals surface area contributed by atoms with Crippen LogP contribution in [-0.4, -0.2) is 63.2 Å². The molecule has 2 aliphatic heterocycles. The van der Waals surface area contributed by atoms with Gasteiger partial charge in [-0.15, -0.1) is 24.0 Å². The molecule has 1 unspecified atom stereocenters. The number of hydrogen-bond acceptors (Lipinski definition) is 3. The molecule has 1 atom stereocenters. The summed E-state index contributed by atoms with van der Waals surface area (Å²) in [5, 5.41) is 6.31. The number of halogens is 1. The van der Waals surface area contributed by atoms with Crippen molar-refractivity contribution in [3.05, 3.63) is 35.4 Å². The fourth-order valence-electron chi connectivity index (χ4n) is 3.66. The van der Waals surface area contributed by atoms with E-state index in [0.717, 1.165) is 50.7 Å². The lowest BCUT2D eigenvalue weighted by molar-refractivity contribution is 0.0954. The van der Waals surface area contributed by atoms with Gasteiger partial charge >= 0.3 is 0 Å². The van der Waals surface area contributed by atoms with Crippen LogP contribution in [0.2, 0.25) is 0 Å². The van der Waals surface area contributed by atoms with Crippen molar-refractivity contribution < 1.29 is 9.53 Å². The Hall–Kier alpha value is -1.35. The minimum atomic E-state index is -0.0382. The van der Waals surface area contributed by atoms with E-state index in [0.29, 0.717) is 24.1 Å². The van der Waals surface area contributed by atoms with Gasteiger partial charge in [0.1, 0.15) is 0 Å². The molecule has 1 aromatic rings. The van der Waals surface area contributed by atoms with Gasteiger partial charge in [-0.25, -0.2) is 0 Å². The van der Waals surface area contributed by atoms with Crippen molar-refractivity contribution in [2.75, 3.05) is 46.4 Å². The topological polar surface area (TPSA) is 66.0 Å². The van der Waals surface area contributed by atoms with Crippen LogP contribution >= 0.6 is 24.0 Å². The summed E-state index contributed by atoms with van der Waals surface area (Å²) in [5.74, 6) is 0.872. The van der Waals surface area contributed by atoms with E-state index in [1.54, 1.807) is 0 Å². The van der Waals surface area contributed by atoms with Crippen LogP contribution < -0.4 is 10.6 Å². The second kappa shape index (κ2) is 9.55. The Kier molecular flexibility index (Phi) is 7.69. The number of aliphatic imine (C=N–C) groups is 1. The Morgan fingerprint density at radius 2 is 2.12 bits per heavy atom. The van der Waals surface area contributed by atoms with Crippen LogP contribution in [0.25, 0.3) is 0 Å². The van der Waals surface area contributed by atoms with Gasteiger partial charge in [-0.2, -0.15) is 0 Å². The second-order valence-corrected chi connectivity index (χ2v) is 7.07. The van der Waals surface area contributed by atoms with E-state index in [2.05, 4.69) is 20.5 Å². The van der Waals surface area contributed by atoms with Gasteiger partial charge in [0.05, 0.1) is 6.61 Å². The Morgan fingerprint density at radius 3 is 2.81 bits per heavy atom. The number of benzene rings is 1. The van der Waals surface area contributed by atoms with Gasteiger partial charge in [0.2, 0.25) is 0 Å². The molecule has 2 N–H and O–H groups in total. The fourth-order valence-corrected chi connectivity index (χ4v) is 3.66. The smallest absolute Gasteiger partial charge is 0.251 e. The lowest BCUT2D eigenvalue weighted by atomic mass is 9.87. The predicted molar refractivity (Wildman–Crippen MR) is 114 cm³/mol. The van der Waals surface area contributed by atoms with Crippen LogP contribution in [0.4, 0.5) is 0 Å². The van der Waals surface area contributed by atoms with E-state index in [1.165, 1.54) is 0 Å². The van der Waals surface area contributed by atoms with Gasteiger partial charge in [-0.1, -0.05) is 17.7 Å². The number of hydrogen-bond donors (Lipinski definition) is 2. The summed E-state index contributed by atoms with van der Waals surface area (Å²) >= 11 is 0. The molecule has 1 aromatic carbocycles. The molecule has 2 fully saturated rings. The van der Waals surface area contributed by atoms with Gasteiger partial charge in [0.15, 0.2) is 5.96 Å². The molecule has 6 nitrogen and oxygen atoms in total. The van der Waals surface area contributed by atoms with E-state index < -0.39 is 0 Å². The van der Waals surface area contributed by atoms with E-state index in [4.69, 9.17) is 4.74 Å². The van der Waals surface area contributed by atoms with E-state index in [-0.39, 0.29) is 29.9 Å². The highest BCUT2D eigenvalue weighted by molar-refractivity contribution is 14.0. The lowest BCUT2D eigenvalue weighted by Crippen LogP contribution is -2.44. The Balaban J connectivity index is 0.00000243. The average molecular weight is 472 g/mol. The van der Waals surface area contributed by atoms with Crippen molar-refractivity contribution in [1.82, 2.24) is 15.5 Å². The van der Waals surface area contributed by atoms with Gasteiger partial charge in [0, 0.05) is 50.8 Å². The number of rotatable bonds is 4. The normalized spacial score (nSPS) is 22.4. The van der Waals surface area contributed by atoms with Crippen LogP contribution in [0.1, 0.15) is 28.8 Å². The third-order valence-corrected chi connectivity index (χ3v) is 5.11. The summed E-state index contributed by atoms with van der Waals surface area (Å²) in [7, 11) is 1.81. The molecule has 26 heavy (non-hydrogen) atoms. The number of nitrogens with one attached hydrogen (secondary N) is 2. The highest BCUT2D eigenvalue weighted by Crippen LogP contribution is 2.38. The van der Waals surface area contributed by atoms with E-state index in [9.17, 15) is 4.79 Å². The molecule has 1 spiro atoms. The maximum absolute atomic E-state index is 12.1. The number of nitrogens with zero attached hydrogens (tertiary/aromatic N) is 2. The summed E-state index contributed by atoms with van der Waals surface area (Å²) in [6.45, 7) is 6.97. The first-order valence-electron chi connectivity index (χ1n) is 9.00. The van der Waals surface area contributed by atoms with Crippen molar-refractivity contribution in [3.8, 4) is 0 Å². The molecule has 2 aliphatic rings. The monoisotopic (exact) mass is 472 g/mol. The number of carbonyl (C=O) groups excluding carboxylic acids is 1. The largest absolute Gasteiger partial charge is 0.381 e. The number of aryl methyl sites for hydroxylation is 1. The van der Waals surface area contributed by atoms with Gasteiger partial charge in [-0.3, -0.25) is 9.79 Å². The van der Waals surface area contributed by atoms with Crippen molar-refractivity contribution in [3.63, 3.8) is 0 Å². The first-order chi connectivity index (χ1) is 12.1. The first kappa shape index (κ1) is 21.0. The predicted octanol–water partition coefficient (Wildman–Crippen LogP) is 2.03. The highest BCUT2D eigenvalue weighted by Gasteiger charge is 2.42. The summed E-state index contributed by atoms with van der Waals surface area (Å²) < 4.78 is 5.58. The van der Waals surface area contributed by atoms with Gasteiger partial charge in [-0.05, 0) is 31.9 Å². The Bertz CT molecular complexity index is 644. The summed E-state index contributed by atoms with van der Waals surface area (Å²) in [5.41, 5.74) is 2.11. The number of guanidine groups is 1. The molecule has 0 saturated carbocycles. The second-order valence-electron chi connectivity index (χ2n) is 7.07. The standard InChI is InChI=1S/C19H28N4O2.HI/c1-15-4-3-5-16(12-15)17(24)21-8-9-22-18(20-2)23-10-6-19(13-23)7-11-25-14-19;/h3-5,12H,6-11,13-14H2,1-2H3,(H,20,22)(H,21,24);1H. The zero-order valence-corrected chi connectivity index (χ0v) is 17.9. The first-order valence-corrected chi connectivity index (χ1v) is 9.00. The zero-order chi connectivity index (χ0) is 17.7. The molecular weight excluding hydrogens is 443 g/mol. The molecule has 1 amide bonds. The summed E-state index contributed by atoms with van der Waals surface area (Å²) in [6, 6.07) is 7.62. The molecule has 0 aromatic heterocycles. The van der Waals surface area contributed by atoms with E-state index >= 15 is 0 Å². The minimum Gasteiger partial charge on any atom is -0.381 e. The van der Waals surface area contributed by atoms with E-state index in [1.807, 2.05) is 38.2 Å². The van der Waals surface area contributed by atoms with Crippen molar-refractivity contribution >= 4 is 35.8 Å². The van der Waals surface area contributed by atoms with Gasteiger partial charge < -0.3 is 20.3 Å². The molecular formula is C19H29IN4O2. The zero-order valence-electron chi connectivity index (χ0n) is 15.6. The van der Waals surface area contributed by atoms with Crippen LogP contribution in [0.5, 0.6) is 0 Å². The Morgan fingerprint density at radius 1 is 1.31 bits per heavy atom. The number of carbonyl (C=O) groups is 1. The SMILES string of the molecule is CN=C(NCCNC(=O)c1cccc(C)c1)N1CCC2(CCOC2)C1.I. The molecule has 2 saturated heterocycles. The molecule has 0 aliphatic carbocycles.